The Morgan fingerprint density at radius 3 is 2.60 bits per heavy atom. The van der Waals surface area contributed by atoms with E-state index in [2.05, 4.69) is 27.9 Å². The molecule has 0 aliphatic carbocycles. The van der Waals surface area contributed by atoms with Gasteiger partial charge in [-0.2, -0.15) is 0 Å². The highest BCUT2D eigenvalue weighted by Crippen LogP contribution is 2.32. The van der Waals surface area contributed by atoms with Gasteiger partial charge in [0.2, 0.25) is 0 Å². The van der Waals surface area contributed by atoms with Gasteiger partial charge in [-0.05, 0) is 70.3 Å². The number of anilines is 1. The lowest BCUT2D eigenvalue weighted by Crippen LogP contribution is -2.33. The summed E-state index contributed by atoms with van der Waals surface area (Å²) in [5.41, 5.74) is 1.62. The molecule has 2 aromatic carbocycles. The number of hydrogen-bond acceptors (Lipinski definition) is 5. The molecule has 1 fully saturated rings. The van der Waals surface area contributed by atoms with Crippen molar-refractivity contribution < 1.29 is 14.3 Å². The largest absolute Gasteiger partial charge is 0.495 e. The van der Waals surface area contributed by atoms with Crippen molar-refractivity contribution in [1.82, 2.24) is 4.90 Å². The highest BCUT2D eigenvalue weighted by molar-refractivity contribution is 14.1. The number of carbonyl (C=O) groups is 2. The molecule has 0 atom stereocenters. The van der Waals surface area contributed by atoms with E-state index in [-0.39, 0.29) is 17.8 Å². The van der Waals surface area contributed by atoms with Crippen molar-refractivity contribution in [2.24, 2.45) is 0 Å². The lowest BCUT2D eigenvalue weighted by Gasteiger charge is -2.16. The van der Waals surface area contributed by atoms with Crippen molar-refractivity contribution in [2.75, 3.05) is 19.1 Å². The average molecular weight is 466 g/mol. The molecule has 0 saturated carbocycles. The highest BCUT2D eigenvalue weighted by Gasteiger charge is 2.34. The molecule has 0 aromatic heterocycles. The number of ether oxygens (including phenoxy) is 1. The van der Waals surface area contributed by atoms with Crippen LogP contribution in [-0.4, -0.2) is 29.8 Å². The number of imide groups is 1. The van der Waals surface area contributed by atoms with Crippen molar-refractivity contribution in [3.05, 3.63) is 62.6 Å². The van der Waals surface area contributed by atoms with Gasteiger partial charge in [-0.15, -0.1) is 0 Å². The van der Waals surface area contributed by atoms with Crippen molar-refractivity contribution in [3.8, 4) is 5.75 Å². The number of carbonyl (C=O) groups excluding carboxylic acids is 2. The molecule has 1 saturated heterocycles. The first kappa shape index (κ1) is 17.8. The zero-order valence-corrected chi connectivity index (χ0v) is 16.3. The summed E-state index contributed by atoms with van der Waals surface area (Å²) in [7, 11) is 1.57. The van der Waals surface area contributed by atoms with E-state index in [1.54, 1.807) is 13.2 Å². The molecule has 0 spiro atoms. The van der Waals surface area contributed by atoms with Gasteiger partial charge in [0.15, 0.2) is 0 Å². The fourth-order valence-corrected chi connectivity index (χ4v) is 3.50. The molecule has 1 aliphatic heterocycles. The van der Waals surface area contributed by atoms with Gasteiger partial charge in [-0.3, -0.25) is 14.5 Å². The lowest BCUT2D eigenvalue weighted by atomic mass is 10.2. The Bertz CT molecular complexity index is 836. The van der Waals surface area contributed by atoms with Crippen LogP contribution in [0.1, 0.15) is 5.56 Å². The highest BCUT2D eigenvalue weighted by atomic mass is 127. The number of benzene rings is 2. The van der Waals surface area contributed by atoms with Crippen molar-refractivity contribution in [3.63, 3.8) is 0 Å². The number of amides is 2. The number of thioether (sulfide) groups is 1. The molecule has 7 heteroatoms. The Labute approximate surface area is 163 Å². The summed E-state index contributed by atoms with van der Waals surface area (Å²) in [5, 5.41) is 2.79. The summed E-state index contributed by atoms with van der Waals surface area (Å²) in [6.07, 6.45) is 1.74. The number of methoxy groups -OCH3 is 1. The van der Waals surface area contributed by atoms with Crippen molar-refractivity contribution >= 4 is 57.3 Å². The Morgan fingerprint density at radius 2 is 1.88 bits per heavy atom. The number of halogens is 1. The molecule has 0 radical (unpaired) electrons. The van der Waals surface area contributed by atoms with E-state index < -0.39 is 0 Å². The van der Waals surface area contributed by atoms with Crippen LogP contribution in [0.2, 0.25) is 0 Å². The normalized spacial score (nSPS) is 15.8. The topological polar surface area (TPSA) is 58.6 Å². The van der Waals surface area contributed by atoms with Crippen LogP contribution < -0.4 is 10.1 Å². The van der Waals surface area contributed by atoms with Crippen molar-refractivity contribution in [1.29, 1.82) is 0 Å². The first-order chi connectivity index (χ1) is 12.1. The van der Waals surface area contributed by atoms with E-state index in [1.807, 2.05) is 48.5 Å². The molecule has 2 aromatic rings. The first-order valence-corrected chi connectivity index (χ1v) is 9.36. The molecular formula is C18H15IN2O3S. The summed E-state index contributed by atoms with van der Waals surface area (Å²) in [6.45, 7) is 0.0923. The quantitative estimate of drug-likeness (QED) is 0.523. The minimum atomic E-state index is -0.295. The Morgan fingerprint density at radius 1 is 1.16 bits per heavy atom. The number of hydrogen-bond donors (Lipinski definition) is 1. The Kier molecular flexibility index (Phi) is 5.64. The monoisotopic (exact) mass is 466 g/mol. The minimum absolute atomic E-state index is 0.0923. The smallest absolute Gasteiger partial charge is 0.295 e. The van der Waals surface area contributed by atoms with Gasteiger partial charge in [-0.25, -0.2) is 0 Å². The van der Waals surface area contributed by atoms with Gasteiger partial charge in [0.05, 0.1) is 24.4 Å². The summed E-state index contributed by atoms with van der Waals surface area (Å²) in [6, 6.07) is 15.1. The minimum Gasteiger partial charge on any atom is -0.495 e. The fourth-order valence-electron chi connectivity index (χ4n) is 2.30. The molecule has 1 heterocycles. The summed E-state index contributed by atoms with van der Waals surface area (Å²) in [4.78, 5) is 26.3. The van der Waals surface area contributed by atoms with Gasteiger partial charge < -0.3 is 10.1 Å². The van der Waals surface area contributed by atoms with Crippen LogP contribution in [0.3, 0.4) is 0 Å². The molecule has 2 amide bonds. The zero-order valence-electron chi connectivity index (χ0n) is 13.4. The zero-order chi connectivity index (χ0) is 17.8. The Balaban J connectivity index is 1.72. The fraction of sp³-hybridized carbons (Fsp3) is 0.111. The van der Waals surface area contributed by atoms with Gasteiger partial charge in [0, 0.05) is 3.57 Å². The number of nitrogens with zero attached hydrogens (tertiary/aromatic N) is 1. The third kappa shape index (κ3) is 4.16. The maximum atomic E-state index is 12.5. The van der Waals surface area contributed by atoms with Gasteiger partial charge >= 0.3 is 0 Å². The maximum absolute atomic E-state index is 12.5. The summed E-state index contributed by atoms with van der Waals surface area (Å²) >= 11 is 3.17. The average Bonchev–Trinajstić information content (AvgIpc) is 2.89. The van der Waals surface area contributed by atoms with Crippen LogP contribution in [-0.2, 0) is 4.79 Å². The van der Waals surface area contributed by atoms with Gasteiger partial charge in [0.1, 0.15) is 5.75 Å². The maximum Gasteiger partial charge on any atom is 0.295 e. The number of rotatable bonds is 5. The second kappa shape index (κ2) is 7.92. The van der Waals surface area contributed by atoms with Crippen LogP contribution in [0.5, 0.6) is 5.75 Å². The van der Waals surface area contributed by atoms with Crippen LogP contribution >= 0.6 is 34.4 Å². The van der Waals surface area contributed by atoms with Gasteiger partial charge in [-0.1, -0.05) is 24.3 Å². The van der Waals surface area contributed by atoms with Crippen LogP contribution in [0.15, 0.2) is 53.4 Å². The van der Waals surface area contributed by atoms with Crippen LogP contribution in [0.25, 0.3) is 6.08 Å². The number of para-hydroxylation sites is 2. The van der Waals surface area contributed by atoms with E-state index >= 15 is 0 Å². The second-order valence-corrected chi connectivity index (χ2v) is 7.44. The number of nitrogens with one attached hydrogen (secondary N) is 1. The molecule has 0 bridgehead atoms. The van der Waals surface area contributed by atoms with Crippen molar-refractivity contribution in [2.45, 2.75) is 0 Å². The molecule has 3 rings (SSSR count). The molecule has 5 nitrogen and oxygen atoms in total. The molecule has 1 aliphatic rings. The Hall–Kier alpha value is -2.00. The van der Waals surface area contributed by atoms with E-state index in [0.29, 0.717) is 10.7 Å². The van der Waals surface area contributed by atoms with E-state index in [4.69, 9.17) is 4.74 Å². The van der Waals surface area contributed by atoms with E-state index in [1.165, 1.54) is 4.90 Å². The molecule has 128 valence electrons. The second-order valence-electron chi connectivity index (χ2n) is 5.20. The van der Waals surface area contributed by atoms with Gasteiger partial charge in [0.25, 0.3) is 11.1 Å². The molecule has 1 N–H and O–H groups in total. The molecular weight excluding hydrogens is 451 g/mol. The lowest BCUT2D eigenvalue weighted by molar-refractivity contribution is -0.122. The summed E-state index contributed by atoms with van der Waals surface area (Å²) < 4.78 is 6.37. The molecule has 25 heavy (non-hydrogen) atoms. The van der Waals surface area contributed by atoms with E-state index in [9.17, 15) is 9.59 Å². The van der Waals surface area contributed by atoms with Crippen LogP contribution in [0, 0.1) is 3.57 Å². The first-order valence-electron chi connectivity index (χ1n) is 7.46. The third-order valence-corrected chi connectivity index (χ3v) is 5.20. The van der Waals surface area contributed by atoms with E-state index in [0.717, 1.165) is 26.6 Å². The third-order valence-electron chi connectivity index (χ3n) is 3.58. The SMILES string of the molecule is COc1ccccc1NCN1C(=O)SC(=Cc2ccc(I)cc2)C1=O. The van der Waals surface area contributed by atoms with Crippen LogP contribution in [0.4, 0.5) is 10.5 Å². The standard InChI is InChI=1S/C18H15IN2O3S/c1-24-15-5-3-2-4-14(15)20-11-21-17(22)16(25-18(21)23)10-12-6-8-13(19)9-7-12/h2-10,20H,11H2,1H3. The summed E-state index contributed by atoms with van der Waals surface area (Å²) in [5.74, 6) is 0.361. The molecule has 0 unspecified atom stereocenters. The predicted molar refractivity (Wildman–Crippen MR) is 108 cm³/mol. The predicted octanol–water partition coefficient (Wildman–Crippen LogP) is 4.41.